The summed E-state index contributed by atoms with van der Waals surface area (Å²) in [5.41, 5.74) is 0.275. The van der Waals surface area contributed by atoms with Crippen LogP contribution in [-0.2, 0) is 6.54 Å². The molecule has 2 rings (SSSR count). The van der Waals surface area contributed by atoms with E-state index in [-0.39, 0.29) is 11.5 Å². The quantitative estimate of drug-likeness (QED) is 0.892. The molecular weight excluding hydrogens is 229 g/mol. The standard InChI is InChI=1S/C11H9ClFN3/c12-8-3-1-4-9(13)11(8)16-7-10-14-5-2-6-15-10/h1-6,16H,7H2. The van der Waals surface area contributed by atoms with Crippen LogP contribution in [-0.4, -0.2) is 9.97 Å². The van der Waals surface area contributed by atoms with Gasteiger partial charge in [0.15, 0.2) is 0 Å². The summed E-state index contributed by atoms with van der Waals surface area (Å²) in [6.07, 6.45) is 3.26. The summed E-state index contributed by atoms with van der Waals surface area (Å²) in [6, 6.07) is 6.25. The lowest BCUT2D eigenvalue weighted by Crippen LogP contribution is -2.05. The number of para-hydroxylation sites is 1. The molecule has 0 fully saturated rings. The Morgan fingerprint density at radius 3 is 2.62 bits per heavy atom. The monoisotopic (exact) mass is 237 g/mol. The molecule has 0 amide bonds. The van der Waals surface area contributed by atoms with E-state index < -0.39 is 0 Å². The lowest BCUT2D eigenvalue weighted by atomic mass is 10.3. The van der Waals surface area contributed by atoms with Gasteiger partial charge in [-0.15, -0.1) is 0 Å². The van der Waals surface area contributed by atoms with Crippen molar-refractivity contribution in [2.45, 2.75) is 6.54 Å². The summed E-state index contributed by atoms with van der Waals surface area (Å²) < 4.78 is 13.4. The van der Waals surface area contributed by atoms with Crippen LogP contribution in [0.2, 0.25) is 5.02 Å². The van der Waals surface area contributed by atoms with E-state index in [0.717, 1.165) is 0 Å². The zero-order valence-electron chi connectivity index (χ0n) is 8.32. The molecule has 1 heterocycles. The summed E-state index contributed by atoms with van der Waals surface area (Å²) >= 11 is 5.85. The Hall–Kier alpha value is -1.68. The molecule has 0 radical (unpaired) electrons. The second kappa shape index (κ2) is 4.90. The van der Waals surface area contributed by atoms with Crippen LogP contribution in [0.15, 0.2) is 36.7 Å². The van der Waals surface area contributed by atoms with Gasteiger partial charge in [0.2, 0.25) is 0 Å². The molecule has 0 bridgehead atoms. The van der Waals surface area contributed by atoms with Gasteiger partial charge in [0, 0.05) is 12.4 Å². The fraction of sp³-hybridized carbons (Fsp3) is 0.0909. The highest BCUT2D eigenvalue weighted by Gasteiger charge is 2.06. The Bertz CT molecular complexity index is 456. The van der Waals surface area contributed by atoms with Crippen molar-refractivity contribution in [1.29, 1.82) is 0 Å². The SMILES string of the molecule is Fc1cccc(Cl)c1NCc1ncccn1. The minimum Gasteiger partial charge on any atom is -0.374 e. The van der Waals surface area contributed by atoms with E-state index in [9.17, 15) is 4.39 Å². The number of halogens is 2. The molecule has 0 saturated heterocycles. The first kappa shape index (κ1) is 10.8. The predicted molar refractivity (Wildman–Crippen MR) is 60.8 cm³/mol. The van der Waals surface area contributed by atoms with Gasteiger partial charge >= 0.3 is 0 Å². The molecule has 2 aromatic rings. The van der Waals surface area contributed by atoms with E-state index in [1.807, 2.05) is 0 Å². The van der Waals surface area contributed by atoms with E-state index in [0.29, 0.717) is 17.4 Å². The molecule has 0 spiro atoms. The van der Waals surface area contributed by atoms with Gasteiger partial charge in [-0.3, -0.25) is 0 Å². The maximum Gasteiger partial charge on any atom is 0.147 e. The van der Waals surface area contributed by atoms with Gasteiger partial charge in [-0.05, 0) is 18.2 Å². The van der Waals surface area contributed by atoms with E-state index in [4.69, 9.17) is 11.6 Å². The van der Waals surface area contributed by atoms with Gasteiger partial charge < -0.3 is 5.32 Å². The summed E-state index contributed by atoms with van der Waals surface area (Å²) in [5.74, 6) is 0.199. The number of aromatic nitrogens is 2. The second-order valence-corrected chi connectivity index (χ2v) is 3.52. The Morgan fingerprint density at radius 1 is 1.19 bits per heavy atom. The maximum atomic E-state index is 13.4. The number of nitrogens with one attached hydrogen (secondary N) is 1. The molecule has 0 aliphatic rings. The highest BCUT2D eigenvalue weighted by Crippen LogP contribution is 2.24. The Morgan fingerprint density at radius 2 is 1.94 bits per heavy atom. The zero-order chi connectivity index (χ0) is 11.4. The second-order valence-electron chi connectivity index (χ2n) is 3.12. The number of benzene rings is 1. The molecule has 82 valence electrons. The van der Waals surface area contributed by atoms with Crippen LogP contribution >= 0.6 is 11.6 Å². The van der Waals surface area contributed by atoms with Gasteiger partial charge in [-0.25, -0.2) is 14.4 Å². The summed E-state index contributed by atoms with van der Waals surface area (Å²) in [5, 5.41) is 3.21. The first-order chi connectivity index (χ1) is 7.77. The summed E-state index contributed by atoms with van der Waals surface area (Å²) in [6.45, 7) is 0.335. The smallest absolute Gasteiger partial charge is 0.147 e. The van der Waals surface area contributed by atoms with Crippen LogP contribution in [0.25, 0.3) is 0 Å². The van der Waals surface area contributed by atoms with E-state index >= 15 is 0 Å². The topological polar surface area (TPSA) is 37.8 Å². The molecule has 1 aromatic carbocycles. The van der Waals surface area contributed by atoms with Crippen molar-refractivity contribution < 1.29 is 4.39 Å². The van der Waals surface area contributed by atoms with Crippen LogP contribution in [0.1, 0.15) is 5.82 Å². The molecule has 0 aliphatic carbocycles. The van der Waals surface area contributed by atoms with Crippen LogP contribution < -0.4 is 5.32 Å². The maximum absolute atomic E-state index is 13.4. The van der Waals surface area contributed by atoms with Gasteiger partial charge in [0.1, 0.15) is 11.6 Å². The first-order valence-electron chi connectivity index (χ1n) is 4.71. The third kappa shape index (κ3) is 2.46. The minimum atomic E-state index is -0.386. The van der Waals surface area contributed by atoms with Crippen LogP contribution in [0, 0.1) is 5.82 Å². The molecule has 3 nitrogen and oxygen atoms in total. The summed E-state index contributed by atoms with van der Waals surface area (Å²) in [7, 11) is 0. The number of hydrogen-bond donors (Lipinski definition) is 1. The lowest BCUT2D eigenvalue weighted by Gasteiger charge is -2.07. The average Bonchev–Trinajstić information content (AvgIpc) is 2.30. The number of nitrogens with zero attached hydrogens (tertiary/aromatic N) is 2. The molecule has 0 aliphatic heterocycles. The van der Waals surface area contributed by atoms with Crippen molar-refractivity contribution in [3.05, 3.63) is 53.3 Å². The average molecular weight is 238 g/mol. The van der Waals surface area contributed by atoms with Gasteiger partial charge in [-0.2, -0.15) is 0 Å². The molecule has 0 unspecified atom stereocenters. The largest absolute Gasteiger partial charge is 0.374 e. The summed E-state index contributed by atoms with van der Waals surface area (Å²) in [4.78, 5) is 8.03. The number of rotatable bonds is 3. The fourth-order valence-electron chi connectivity index (χ4n) is 1.26. The molecule has 0 atom stereocenters. The van der Waals surface area contributed by atoms with Crippen LogP contribution in [0.3, 0.4) is 0 Å². The van der Waals surface area contributed by atoms with Crippen molar-refractivity contribution in [3.8, 4) is 0 Å². The van der Waals surface area contributed by atoms with Crippen molar-refractivity contribution in [2.24, 2.45) is 0 Å². The molecule has 5 heteroatoms. The third-order valence-electron chi connectivity index (χ3n) is 2.01. The van der Waals surface area contributed by atoms with E-state index in [2.05, 4.69) is 15.3 Å². The predicted octanol–water partition coefficient (Wildman–Crippen LogP) is 2.88. The minimum absolute atomic E-state index is 0.275. The normalized spacial score (nSPS) is 10.1. The van der Waals surface area contributed by atoms with Crippen LogP contribution in [0.4, 0.5) is 10.1 Å². The Kier molecular flexibility index (Phi) is 3.31. The fourth-order valence-corrected chi connectivity index (χ4v) is 1.49. The molecule has 1 aromatic heterocycles. The van der Waals surface area contributed by atoms with Crippen molar-refractivity contribution in [3.63, 3.8) is 0 Å². The van der Waals surface area contributed by atoms with Gasteiger partial charge in [0.05, 0.1) is 17.3 Å². The van der Waals surface area contributed by atoms with Crippen molar-refractivity contribution in [2.75, 3.05) is 5.32 Å². The van der Waals surface area contributed by atoms with E-state index in [1.54, 1.807) is 30.6 Å². The Labute approximate surface area is 97.3 Å². The highest BCUT2D eigenvalue weighted by atomic mass is 35.5. The van der Waals surface area contributed by atoms with E-state index in [1.165, 1.54) is 6.07 Å². The Balaban J connectivity index is 2.11. The molecule has 1 N–H and O–H groups in total. The number of anilines is 1. The van der Waals surface area contributed by atoms with Crippen LogP contribution in [0.5, 0.6) is 0 Å². The van der Waals surface area contributed by atoms with Gasteiger partial charge in [0.25, 0.3) is 0 Å². The molecular formula is C11H9ClFN3. The van der Waals surface area contributed by atoms with Crippen molar-refractivity contribution >= 4 is 17.3 Å². The zero-order valence-corrected chi connectivity index (χ0v) is 9.08. The van der Waals surface area contributed by atoms with Gasteiger partial charge in [-0.1, -0.05) is 17.7 Å². The lowest BCUT2D eigenvalue weighted by molar-refractivity contribution is 0.630. The first-order valence-corrected chi connectivity index (χ1v) is 5.09. The van der Waals surface area contributed by atoms with Crippen molar-refractivity contribution in [1.82, 2.24) is 9.97 Å². The molecule has 16 heavy (non-hydrogen) atoms. The third-order valence-corrected chi connectivity index (χ3v) is 2.32. The number of hydrogen-bond acceptors (Lipinski definition) is 3. The molecule has 0 saturated carbocycles. The highest BCUT2D eigenvalue weighted by molar-refractivity contribution is 6.33.